The molecule has 0 heterocycles. The summed E-state index contributed by atoms with van der Waals surface area (Å²) >= 11 is 0. The van der Waals surface area contributed by atoms with E-state index in [4.69, 9.17) is 9.47 Å². The maximum absolute atomic E-state index is 12.6. The predicted molar refractivity (Wildman–Crippen MR) is 108 cm³/mol. The summed E-state index contributed by atoms with van der Waals surface area (Å²) in [4.78, 5) is 50.2. The molecule has 0 fully saturated rings. The fraction of sp³-hybridized carbons (Fsp3) is 0.182. The largest absolute Gasteiger partial charge is 0.461 e. The highest BCUT2D eigenvalue weighted by Crippen LogP contribution is 2.09. The van der Waals surface area contributed by atoms with Crippen molar-refractivity contribution in [2.24, 2.45) is 0 Å². The molecule has 0 radical (unpaired) electrons. The Kier molecular flexibility index (Phi) is 8.31. The zero-order chi connectivity index (χ0) is 21.9. The Bertz CT molecular complexity index is 861. The molecule has 0 bridgehead atoms. The van der Waals surface area contributed by atoms with Gasteiger partial charge in [0, 0.05) is 11.1 Å². The van der Waals surface area contributed by atoms with Crippen molar-refractivity contribution >= 4 is 23.8 Å². The van der Waals surface area contributed by atoms with Gasteiger partial charge in [0.05, 0.1) is 13.2 Å². The number of carbonyl (C=O) groups is 4. The van der Waals surface area contributed by atoms with Gasteiger partial charge in [-0.25, -0.2) is 9.59 Å². The van der Waals surface area contributed by atoms with E-state index >= 15 is 0 Å². The summed E-state index contributed by atoms with van der Waals surface area (Å²) in [5, 5.41) is 4.73. The molecule has 30 heavy (non-hydrogen) atoms. The van der Waals surface area contributed by atoms with Gasteiger partial charge in [-0.05, 0) is 38.1 Å². The van der Waals surface area contributed by atoms with Crippen LogP contribution in [0.2, 0.25) is 0 Å². The zero-order valence-electron chi connectivity index (χ0n) is 16.6. The van der Waals surface area contributed by atoms with E-state index < -0.39 is 35.1 Å². The number of hydrogen-bond donors (Lipinski definition) is 2. The maximum Gasteiger partial charge on any atom is 0.357 e. The minimum absolute atomic E-state index is 0.00766. The Morgan fingerprint density at radius 2 is 0.967 bits per heavy atom. The van der Waals surface area contributed by atoms with Gasteiger partial charge in [0.25, 0.3) is 11.8 Å². The van der Waals surface area contributed by atoms with Gasteiger partial charge in [-0.15, -0.1) is 0 Å². The third-order valence-corrected chi connectivity index (χ3v) is 3.76. The second kappa shape index (κ2) is 11.2. The Hall–Kier alpha value is -3.94. The number of ether oxygens (including phenoxy) is 2. The topological polar surface area (TPSA) is 111 Å². The standard InChI is InChI=1S/C22H22N2O6/c1-3-29-21(27)17(23-19(25)15-11-7-5-8-12-15)18(22(28)30-4-2)24-20(26)16-13-9-6-10-14-16/h5-14H,3-4H2,1-2H3,(H,23,25)(H,24,26)/b18-17+. The highest BCUT2D eigenvalue weighted by molar-refractivity contribution is 6.08. The third kappa shape index (κ3) is 6.03. The molecule has 2 aromatic carbocycles. The fourth-order valence-electron chi connectivity index (χ4n) is 2.39. The van der Waals surface area contributed by atoms with Crippen LogP contribution in [0.15, 0.2) is 72.1 Å². The minimum Gasteiger partial charge on any atom is -0.461 e. The van der Waals surface area contributed by atoms with Crippen LogP contribution in [0, 0.1) is 0 Å². The summed E-state index contributed by atoms with van der Waals surface area (Å²) in [6.45, 7) is 3.13. The van der Waals surface area contributed by atoms with Gasteiger partial charge in [-0.1, -0.05) is 36.4 Å². The van der Waals surface area contributed by atoms with Crippen LogP contribution in [0.5, 0.6) is 0 Å². The second-order valence-corrected chi connectivity index (χ2v) is 5.83. The van der Waals surface area contributed by atoms with Crippen LogP contribution in [0.4, 0.5) is 0 Å². The zero-order valence-corrected chi connectivity index (χ0v) is 16.6. The van der Waals surface area contributed by atoms with Crippen molar-refractivity contribution in [3.63, 3.8) is 0 Å². The molecule has 0 aliphatic rings. The first-order valence-electron chi connectivity index (χ1n) is 9.29. The monoisotopic (exact) mass is 410 g/mol. The molecule has 0 spiro atoms. The predicted octanol–water partition coefficient (Wildman–Crippen LogP) is 2.18. The Morgan fingerprint density at radius 1 is 0.633 bits per heavy atom. The van der Waals surface area contributed by atoms with Crippen molar-refractivity contribution in [1.29, 1.82) is 0 Å². The van der Waals surface area contributed by atoms with Crippen molar-refractivity contribution in [3.05, 3.63) is 83.2 Å². The van der Waals surface area contributed by atoms with E-state index in [1.54, 1.807) is 50.2 Å². The molecule has 8 heteroatoms. The Labute approximate surface area is 173 Å². The van der Waals surface area contributed by atoms with Crippen molar-refractivity contribution in [2.75, 3.05) is 13.2 Å². The molecule has 8 nitrogen and oxygen atoms in total. The molecule has 156 valence electrons. The molecule has 2 N–H and O–H groups in total. The van der Waals surface area contributed by atoms with Crippen LogP contribution < -0.4 is 10.6 Å². The molecule has 0 aromatic heterocycles. The summed E-state index contributed by atoms with van der Waals surface area (Å²) in [7, 11) is 0. The third-order valence-electron chi connectivity index (χ3n) is 3.76. The van der Waals surface area contributed by atoms with Crippen LogP contribution in [-0.4, -0.2) is 37.0 Å². The van der Waals surface area contributed by atoms with Crippen molar-refractivity contribution in [2.45, 2.75) is 13.8 Å². The van der Waals surface area contributed by atoms with Gasteiger partial charge in [-0.3, -0.25) is 9.59 Å². The van der Waals surface area contributed by atoms with Crippen LogP contribution in [0.25, 0.3) is 0 Å². The molecule has 0 unspecified atom stereocenters. The number of benzene rings is 2. The van der Waals surface area contributed by atoms with E-state index in [0.717, 1.165) is 0 Å². The lowest BCUT2D eigenvalue weighted by atomic mass is 10.2. The SMILES string of the molecule is CCOC(=O)/C(NC(=O)c1ccccc1)=C(\NC(=O)c1ccccc1)C(=O)OCC. The van der Waals surface area contributed by atoms with Crippen LogP contribution in [0.1, 0.15) is 34.6 Å². The summed E-state index contributed by atoms with van der Waals surface area (Å²) in [6.07, 6.45) is 0. The fourth-order valence-corrected chi connectivity index (χ4v) is 2.39. The first-order valence-corrected chi connectivity index (χ1v) is 9.29. The maximum atomic E-state index is 12.6. The number of carbonyl (C=O) groups excluding carboxylic acids is 4. The lowest BCUT2D eigenvalue weighted by Crippen LogP contribution is -2.38. The van der Waals surface area contributed by atoms with Gasteiger partial charge >= 0.3 is 11.9 Å². The molecule has 2 rings (SSSR count). The molecular formula is C22H22N2O6. The molecule has 0 saturated heterocycles. The van der Waals surface area contributed by atoms with Gasteiger partial charge in [-0.2, -0.15) is 0 Å². The molecule has 0 saturated carbocycles. The average molecular weight is 410 g/mol. The van der Waals surface area contributed by atoms with Crippen LogP contribution in [-0.2, 0) is 19.1 Å². The Balaban J connectivity index is 2.47. The molecule has 0 aliphatic carbocycles. The number of amides is 2. The van der Waals surface area contributed by atoms with Gasteiger partial charge in [0.15, 0.2) is 11.4 Å². The van der Waals surface area contributed by atoms with E-state index in [2.05, 4.69) is 10.6 Å². The number of nitrogens with one attached hydrogen (secondary N) is 2. The van der Waals surface area contributed by atoms with Gasteiger partial charge in [0.1, 0.15) is 0 Å². The van der Waals surface area contributed by atoms with E-state index in [1.165, 1.54) is 24.3 Å². The second-order valence-electron chi connectivity index (χ2n) is 5.83. The van der Waals surface area contributed by atoms with E-state index in [0.29, 0.717) is 0 Å². The van der Waals surface area contributed by atoms with Crippen molar-refractivity contribution in [3.8, 4) is 0 Å². The molecule has 0 aliphatic heterocycles. The van der Waals surface area contributed by atoms with Crippen molar-refractivity contribution < 1.29 is 28.7 Å². The smallest absolute Gasteiger partial charge is 0.357 e. The molecule has 2 aromatic rings. The highest BCUT2D eigenvalue weighted by Gasteiger charge is 2.27. The van der Waals surface area contributed by atoms with Crippen molar-refractivity contribution in [1.82, 2.24) is 10.6 Å². The Morgan fingerprint density at radius 3 is 1.27 bits per heavy atom. The highest BCUT2D eigenvalue weighted by atomic mass is 16.5. The van der Waals surface area contributed by atoms with Gasteiger partial charge < -0.3 is 20.1 Å². The average Bonchev–Trinajstić information content (AvgIpc) is 2.77. The van der Waals surface area contributed by atoms with E-state index in [9.17, 15) is 19.2 Å². The molecular weight excluding hydrogens is 388 g/mol. The van der Waals surface area contributed by atoms with Gasteiger partial charge in [0.2, 0.25) is 0 Å². The number of hydrogen-bond acceptors (Lipinski definition) is 6. The van der Waals surface area contributed by atoms with E-state index in [-0.39, 0.29) is 24.3 Å². The number of esters is 2. The van der Waals surface area contributed by atoms with E-state index in [1.807, 2.05) is 0 Å². The lowest BCUT2D eigenvalue weighted by molar-refractivity contribution is -0.142. The first kappa shape index (κ1) is 22.4. The van der Waals surface area contributed by atoms with Crippen LogP contribution in [0.3, 0.4) is 0 Å². The summed E-state index contributed by atoms with van der Waals surface area (Å²) in [6, 6.07) is 16.2. The molecule has 2 amide bonds. The normalized spacial score (nSPS) is 11.0. The summed E-state index contributed by atoms with van der Waals surface area (Å²) in [5.74, 6) is -3.29. The van der Waals surface area contributed by atoms with Crippen LogP contribution >= 0.6 is 0 Å². The first-order chi connectivity index (χ1) is 14.5. The number of rotatable bonds is 8. The molecule has 0 atom stereocenters. The minimum atomic E-state index is -0.988. The summed E-state index contributed by atoms with van der Waals surface area (Å²) < 4.78 is 9.93. The summed E-state index contributed by atoms with van der Waals surface area (Å²) in [5.41, 5.74) is -0.546. The quantitative estimate of drug-likeness (QED) is 0.510. The lowest BCUT2D eigenvalue weighted by Gasteiger charge is -2.15.